The average Bonchev–Trinajstić information content (AvgIpc) is 3.10. The molecule has 3 aliphatic heterocycles. The van der Waals surface area contributed by atoms with Gasteiger partial charge in [0, 0.05) is 37.5 Å². The van der Waals surface area contributed by atoms with E-state index < -0.39 is 0 Å². The van der Waals surface area contributed by atoms with Gasteiger partial charge in [-0.05, 0) is 37.4 Å². The third-order valence-corrected chi connectivity index (χ3v) is 5.61. The van der Waals surface area contributed by atoms with Crippen molar-refractivity contribution >= 4 is 11.6 Å². The highest BCUT2D eigenvalue weighted by Gasteiger charge is 2.43. The van der Waals surface area contributed by atoms with Crippen LogP contribution < -0.4 is 5.32 Å². The molecule has 0 spiro atoms. The lowest BCUT2D eigenvalue weighted by Crippen LogP contribution is -2.57. The molecule has 7 nitrogen and oxygen atoms in total. The van der Waals surface area contributed by atoms with Gasteiger partial charge < -0.3 is 10.4 Å². The zero-order valence-corrected chi connectivity index (χ0v) is 14.8. The van der Waals surface area contributed by atoms with Gasteiger partial charge in [-0.3, -0.25) is 14.4 Å². The van der Waals surface area contributed by atoms with Crippen LogP contribution >= 0.6 is 0 Å². The van der Waals surface area contributed by atoms with E-state index in [9.17, 15) is 4.79 Å². The summed E-state index contributed by atoms with van der Waals surface area (Å²) in [5, 5.41) is 20.3. The quantitative estimate of drug-likeness (QED) is 0.813. The molecule has 1 amide bonds. The minimum atomic E-state index is 0.0564. The van der Waals surface area contributed by atoms with Gasteiger partial charge in [0.15, 0.2) is 0 Å². The van der Waals surface area contributed by atoms with Crippen molar-refractivity contribution in [2.45, 2.75) is 31.8 Å². The number of carbonyl (C=O) groups excluding carboxylic acids is 1. The van der Waals surface area contributed by atoms with Crippen molar-refractivity contribution in [2.75, 3.05) is 25.0 Å². The standard InChI is InChI=1S/C19H25N5O2/c25-9-7-16-11-24(22-21-16)12-17-10-14-6-8-23(17)13-18(14)19(26)20-15-4-2-1-3-5-15/h1-5,11,14,17-18,25H,6-10,12-13H2,(H,20,26)/t14-,17-,18-/m1/s1. The van der Waals surface area contributed by atoms with E-state index in [1.54, 1.807) is 0 Å². The summed E-state index contributed by atoms with van der Waals surface area (Å²) >= 11 is 0. The molecule has 0 saturated carbocycles. The lowest BCUT2D eigenvalue weighted by Gasteiger charge is -2.49. The number of rotatable bonds is 6. The average molecular weight is 355 g/mol. The van der Waals surface area contributed by atoms with E-state index in [-0.39, 0.29) is 18.4 Å². The number of benzene rings is 1. The van der Waals surface area contributed by atoms with Gasteiger partial charge in [0.1, 0.15) is 0 Å². The second-order valence-electron chi connectivity index (χ2n) is 7.30. The molecular weight excluding hydrogens is 330 g/mol. The van der Waals surface area contributed by atoms with Crippen molar-refractivity contribution in [3.8, 4) is 0 Å². The second kappa shape index (κ2) is 7.55. The van der Waals surface area contributed by atoms with Crippen molar-refractivity contribution < 1.29 is 9.90 Å². The molecule has 2 bridgehead atoms. The zero-order valence-electron chi connectivity index (χ0n) is 14.8. The second-order valence-corrected chi connectivity index (χ2v) is 7.30. The predicted molar refractivity (Wildman–Crippen MR) is 97.5 cm³/mol. The molecule has 26 heavy (non-hydrogen) atoms. The van der Waals surface area contributed by atoms with Crippen molar-refractivity contribution in [1.82, 2.24) is 19.9 Å². The zero-order chi connectivity index (χ0) is 17.9. The lowest BCUT2D eigenvalue weighted by molar-refractivity contribution is -0.127. The molecule has 3 fully saturated rings. The number of para-hydroxylation sites is 1. The van der Waals surface area contributed by atoms with Crippen molar-refractivity contribution in [3.63, 3.8) is 0 Å². The van der Waals surface area contributed by atoms with E-state index in [4.69, 9.17) is 5.11 Å². The molecule has 4 heterocycles. The summed E-state index contributed by atoms with van der Waals surface area (Å²) < 4.78 is 1.87. The Morgan fingerprint density at radius 1 is 1.31 bits per heavy atom. The number of fused-ring (bicyclic) bond motifs is 3. The molecule has 5 rings (SSSR count). The molecule has 138 valence electrons. The van der Waals surface area contributed by atoms with E-state index in [0.29, 0.717) is 18.4 Å². The number of amides is 1. The Morgan fingerprint density at radius 2 is 2.15 bits per heavy atom. The molecule has 2 aromatic rings. The molecule has 3 saturated heterocycles. The third-order valence-electron chi connectivity index (χ3n) is 5.61. The highest BCUT2D eigenvalue weighted by molar-refractivity contribution is 5.93. The Hall–Kier alpha value is -2.25. The fourth-order valence-electron chi connectivity index (χ4n) is 4.25. The summed E-state index contributed by atoms with van der Waals surface area (Å²) in [5.41, 5.74) is 1.69. The van der Waals surface area contributed by atoms with Gasteiger partial charge in [-0.2, -0.15) is 0 Å². The molecule has 1 unspecified atom stereocenters. The first-order valence-corrected chi connectivity index (χ1v) is 9.33. The lowest BCUT2D eigenvalue weighted by atomic mass is 9.75. The van der Waals surface area contributed by atoms with Crippen molar-refractivity contribution in [3.05, 3.63) is 42.2 Å². The first-order chi connectivity index (χ1) is 12.7. The van der Waals surface area contributed by atoms with Crippen molar-refractivity contribution in [2.24, 2.45) is 11.8 Å². The van der Waals surface area contributed by atoms with Crippen LogP contribution in [0.25, 0.3) is 0 Å². The van der Waals surface area contributed by atoms with Gasteiger partial charge in [-0.25, -0.2) is 0 Å². The van der Waals surface area contributed by atoms with E-state index in [0.717, 1.165) is 43.9 Å². The monoisotopic (exact) mass is 355 g/mol. The van der Waals surface area contributed by atoms with Gasteiger partial charge in [0.2, 0.25) is 5.91 Å². The number of hydrogen-bond donors (Lipinski definition) is 2. The molecule has 3 aliphatic rings. The van der Waals surface area contributed by atoms with Crippen molar-refractivity contribution in [1.29, 1.82) is 0 Å². The maximum absolute atomic E-state index is 12.7. The first kappa shape index (κ1) is 17.2. The summed E-state index contributed by atoms with van der Waals surface area (Å²) in [7, 11) is 0. The Bertz CT molecular complexity index is 747. The molecule has 1 aromatic heterocycles. The first-order valence-electron chi connectivity index (χ1n) is 9.33. The van der Waals surface area contributed by atoms with Crippen LogP contribution in [0.1, 0.15) is 18.5 Å². The third kappa shape index (κ3) is 3.64. The van der Waals surface area contributed by atoms with E-state index in [1.165, 1.54) is 0 Å². The van der Waals surface area contributed by atoms with Crippen LogP contribution in [0.4, 0.5) is 5.69 Å². The minimum absolute atomic E-state index is 0.0564. The van der Waals surface area contributed by atoms with Gasteiger partial charge in [-0.15, -0.1) is 5.10 Å². The normalized spacial score (nSPS) is 27.4. The number of aromatic nitrogens is 3. The number of nitrogens with one attached hydrogen (secondary N) is 1. The molecule has 7 heteroatoms. The summed E-state index contributed by atoms with van der Waals surface area (Å²) in [6.45, 7) is 2.74. The molecule has 2 N–H and O–H groups in total. The van der Waals surface area contributed by atoms with Crippen LogP contribution in [-0.4, -0.2) is 56.6 Å². The highest BCUT2D eigenvalue weighted by Crippen LogP contribution is 2.37. The largest absolute Gasteiger partial charge is 0.396 e. The van der Waals surface area contributed by atoms with E-state index >= 15 is 0 Å². The fourth-order valence-corrected chi connectivity index (χ4v) is 4.25. The Balaban J connectivity index is 1.37. The Kier molecular flexibility index (Phi) is 4.99. The SMILES string of the molecule is O=C(Nc1ccccc1)[C@@H]1CN2CC[C@@H]1C[C@@H]2Cn1cc(CCO)nn1. The number of aliphatic hydroxyl groups is 1. The van der Waals surface area contributed by atoms with Crippen LogP contribution in [0.3, 0.4) is 0 Å². The molecule has 0 radical (unpaired) electrons. The van der Waals surface area contributed by atoms with E-state index in [2.05, 4.69) is 20.5 Å². The molecule has 4 atom stereocenters. The van der Waals surface area contributed by atoms with Gasteiger partial charge in [0.05, 0.1) is 18.2 Å². The number of anilines is 1. The minimum Gasteiger partial charge on any atom is -0.396 e. The number of carbonyl (C=O) groups is 1. The Labute approximate surface area is 153 Å². The Morgan fingerprint density at radius 3 is 2.88 bits per heavy atom. The summed E-state index contributed by atoms with van der Waals surface area (Å²) in [6.07, 6.45) is 4.55. The number of hydrogen-bond acceptors (Lipinski definition) is 5. The summed E-state index contributed by atoms with van der Waals surface area (Å²) in [4.78, 5) is 15.1. The van der Waals surface area contributed by atoms with Gasteiger partial charge in [0.25, 0.3) is 0 Å². The maximum Gasteiger partial charge on any atom is 0.229 e. The smallest absolute Gasteiger partial charge is 0.229 e. The fraction of sp³-hybridized carbons (Fsp3) is 0.526. The van der Waals surface area contributed by atoms with Crippen LogP contribution in [-0.2, 0) is 17.8 Å². The van der Waals surface area contributed by atoms with Crippen LogP contribution in [0, 0.1) is 11.8 Å². The number of aliphatic hydroxyl groups excluding tert-OH is 1. The van der Waals surface area contributed by atoms with Crippen LogP contribution in [0.15, 0.2) is 36.5 Å². The molecule has 0 aliphatic carbocycles. The summed E-state index contributed by atoms with van der Waals surface area (Å²) in [6, 6.07) is 10.1. The maximum atomic E-state index is 12.7. The number of piperidine rings is 3. The number of nitrogens with zero attached hydrogens (tertiary/aromatic N) is 4. The summed E-state index contributed by atoms with van der Waals surface area (Å²) in [5.74, 6) is 0.616. The molecular formula is C19H25N5O2. The van der Waals surface area contributed by atoms with Gasteiger partial charge in [-0.1, -0.05) is 23.4 Å². The van der Waals surface area contributed by atoms with Crippen LogP contribution in [0.2, 0.25) is 0 Å². The van der Waals surface area contributed by atoms with Crippen LogP contribution in [0.5, 0.6) is 0 Å². The highest BCUT2D eigenvalue weighted by atomic mass is 16.3. The topological polar surface area (TPSA) is 83.3 Å². The molecule has 1 aromatic carbocycles. The van der Waals surface area contributed by atoms with Gasteiger partial charge >= 0.3 is 0 Å². The predicted octanol–water partition coefficient (Wildman–Crippen LogP) is 1.16. The van der Waals surface area contributed by atoms with E-state index in [1.807, 2.05) is 41.2 Å².